The van der Waals surface area contributed by atoms with Gasteiger partial charge in [-0.25, -0.2) is 4.99 Å². The molecule has 1 aromatic carbocycles. The van der Waals surface area contributed by atoms with Gasteiger partial charge in [-0.2, -0.15) is 0 Å². The topological polar surface area (TPSA) is 12.4 Å². The Labute approximate surface area is 78.1 Å². The Balaban J connectivity index is 2.81. The van der Waals surface area contributed by atoms with Gasteiger partial charge in [0, 0.05) is 5.92 Å². The number of halogens is 1. The van der Waals surface area contributed by atoms with Gasteiger partial charge in [0.15, 0.2) is 0 Å². The van der Waals surface area contributed by atoms with Crippen LogP contribution in [0, 0.1) is 5.92 Å². The minimum Gasteiger partial charge on any atom is -0.241 e. The van der Waals surface area contributed by atoms with Crippen molar-refractivity contribution in [3.63, 3.8) is 0 Å². The van der Waals surface area contributed by atoms with Gasteiger partial charge in [0.1, 0.15) is 5.17 Å². The maximum Gasteiger partial charge on any atom is 0.109 e. The lowest BCUT2D eigenvalue weighted by molar-refractivity contribution is 0.899. The molecule has 1 nitrogen and oxygen atoms in total. The fourth-order valence-corrected chi connectivity index (χ4v) is 0.853. The summed E-state index contributed by atoms with van der Waals surface area (Å²) >= 11 is 5.90. The summed E-state index contributed by atoms with van der Waals surface area (Å²) < 4.78 is 0. The number of aliphatic imine (C=N–C) groups is 1. The van der Waals surface area contributed by atoms with E-state index < -0.39 is 0 Å². The fourth-order valence-electron chi connectivity index (χ4n) is 0.755. The van der Waals surface area contributed by atoms with E-state index in [0.717, 1.165) is 5.69 Å². The first kappa shape index (κ1) is 9.27. The maximum atomic E-state index is 5.90. The Morgan fingerprint density at radius 1 is 1.25 bits per heavy atom. The second-order valence-electron chi connectivity index (χ2n) is 2.92. The van der Waals surface area contributed by atoms with Crippen LogP contribution in [-0.2, 0) is 0 Å². The standard InChI is InChI=1S/C10H12ClN/c1-8(2)10(11)12-9-6-4-3-5-7-9/h3-8H,1-2H3. The van der Waals surface area contributed by atoms with Gasteiger partial charge in [-0.05, 0) is 12.1 Å². The third-order valence-electron chi connectivity index (χ3n) is 1.47. The number of para-hydroxylation sites is 1. The molecule has 0 fully saturated rings. The molecule has 0 atom stereocenters. The van der Waals surface area contributed by atoms with Crippen molar-refractivity contribution in [3.8, 4) is 0 Å². The number of nitrogens with zero attached hydrogens (tertiary/aromatic N) is 1. The summed E-state index contributed by atoms with van der Waals surface area (Å²) in [5.41, 5.74) is 0.913. The van der Waals surface area contributed by atoms with Crippen LogP contribution >= 0.6 is 11.6 Å². The Kier molecular flexibility index (Phi) is 3.30. The molecule has 0 saturated carbocycles. The van der Waals surface area contributed by atoms with Gasteiger partial charge in [-0.1, -0.05) is 43.6 Å². The molecule has 0 N–H and O–H groups in total. The summed E-state index contributed by atoms with van der Waals surface area (Å²) in [4.78, 5) is 4.24. The molecule has 0 unspecified atom stereocenters. The lowest BCUT2D eigenvalue weighted by Gasteiger charge is -2.00. The lowest BCUT2D eigenvalue weighted by atomic mass is 10.2. The molecule has 2 heteroatoms. The first-order valence-corrected chi connectivity index (χ1v) is 4.37. The molecule has 0 heterocycles. The number of hydrogen-bond acceptors (Lipinski definition) is 1. The van der Waals surface area contributed by atoms with Gasteiger partial charge in [-0.3, -0.25) is 0 Å². The molecule has 0 aromatic heterocycles. The van der Waals surface area contributed by atoms with Crippen molar-refractivity contribution in [1.29, 1.82) is 0 Å². The van der Waals surface area contributed by atoms with Crippen molar-refractivity contribution < 1.29 is 0 Å². The van der Waals surface area contributed by atoms with Crippen LogP contribution in [0.5, 0.6) is 0 Å². The maximum absolute atomic E-state index is 5.90. The van der Waals surface area contributed by atoms with E-state index in [2.05, 4.69) is 4.99 Å². The molecule has 64 valence electrons. The zero-order valence-electron chi connectivity index (χ0n) is 7.29. The Bertz CT molecular complexity index is 264. The highest BCUT2D eigenvalue weighted by Crippen LogP contribution is 2.14. The van der Waals surface area contributed by atoms with E-state index >= 15 is 0 Å². The molecule has 0 aliphatic rings. The monoisotopic (exact) mass is 181 g/mol. The molecule has 0 aliphatic heterocycles. The Morgan fingerprint density at radius 3 is 2.33 bits per heavy atom. The van der Waals surface area contributed by atoms with Crippen LogP contribution in [0.25, 0.3) is 0 Å². The summed E-state index contributed by atoms with van der Waals surface area (Å²) in [6.07, 6.45) is 0. The zero-order chi connectivity index (χ0) is 8.97. The van der Waals surface area contributed by atoms with E-state index in [-0.39, 0.29) is 0 Å². The lowest BCUT2D eigenvalue weighted by Crippen LogP contribution is -1.96. The number of benzene rings is 1. The molecule has 0 radical (unpaired) electrons. The largest absolute Gasteiger partial charge is 0.241 e. The molecule has 1 rings (SSSR count). The van der Waals surface area contributed by atoms with Crippen molar-refractivity contribution in [2.75, 3.05) is 0 Å². The van der Waals surface area contributed by atoms with Crippen LogP contribution in [0.1, 0.15) is 13.8 Å². The minimum atomic E-state index is 0.298. The van der Waals surface area contributed by atoms with E-state index in [9.17, 15) is 0 Å². The quantitative estimate of drug-likeness (QED) is 0.619. The molecule has 0 aliphatic carbocycles. The highest BCUT2D eigenvalue weighted by atomic mass is 35.5. The Hall–Kier alpha value is -0.820. The molecular weight excluding hydrogens is 170 g/mol. The summed E-state index contributed by atoms with van der Waals surface area (Å²) in [6, 6.07) is 9.73. The van der Waals surface area contributed by atoms with E-state index in [1.807, 2.05) is 44.2 Å². The van der Waals surface area contributed by atoms with Gasteiger partial charge in [0.05, 0.1) is 5.69 Å². The van der Waals surface area contributed by atoms with Crippen molar-refractivity contribution in [3.05, 3.63) is 30.3 Å². The van der Waals surface area contributed by atoms with Crippen LogP contribution in [0.2, 0.25) is 0 Å². The van der Waals surface area contributed by atoms with Crippen molar-refractivity contribution in [1.82, 2.24) is 0 Å². The fraction of sp³-hybridized carbons (Fsp3) is 0.300. The van der Waals surface area contributed by atoms with Crippen LogP contribution in [-0.4, -0.2) is 5.17 Å². The zero-order valence-corrected chi connectivity index (χ0v) is 8.05. The second kappa shape index (κ2) is 4.27. The van der Waals surface area contributed by atoms with Gasteiger partial charge in [0.2, 0.25) is 0 Å². The van der Waals surface area contributed by atoms with Crippen LogP contribution in [0.15, 0.2) is 35.3 Å². The smallest absolute Gasteiger partial charge is 0.109 e. The van der Waals surface area contributed by atoms with E-state index in [1.54, 1.807) is 0 Å². The summed E-state index contributed by atoms with van der Waals surface area (Å²) in [6.45, 7) is 4.05. The molecule has 0 saturated heterocycles. The third kappa shape index (κ3) is 2.67. The summed E-state index contributed by atoms with van der Waals surface area (Å²) in [7, 11) is 0. The van der Waals surface area contributed by atoms with Gasteiger partial charge < -0.3 is 0 Å². The van der Waals surface area contributed by atoms with Gasteiger partial charge >= 0.3 is 0 Å². The molecule has 0 spiro atoms. The third-order valence-corrected chi connectivity index (χ3v) is 1.99. The molecule has 0 amide bonds. The van der Waals surface area contributed by atoms with E-state index in [4.69, 9.17) is 11.6 Å². The first-order valence-electron chi connectivity index (χ1n) is 3.99. The minimum absolute atomic E-state index is 0.298. The number of hydrogen-bond donors (Lipinski definition) is 0. The SMILES string of the molecule is CC(C)C(Cl)=Nc1ccccc1. The van der Waals surface area contributed by atoms with E-state index in [0.29, 0.717) is 11.1 Å². The number of rotatable bonds is 2. The predicted octanol–water partition coefficient (Wildman–Crippen LogP) is 3.61. The highest BCUT2D eigenvalue weighted by Gasteiger charge is 1.99. The van der Waals surface area contributed by atoms with Crippen molar-refractivity contribution >= 4 is 22.5 Å². The summed E-state index contributed by atoms with van der Waals surface area (Å²) in [5, 5.41) is 0.654. The molecule has 0 bridgehead atoms. The molecule has 1 aromatic rings. The van der Waals surface area contributed by atoms with Crippen LogP contribution < -0.4 is 0 Å². The van der Waals surface area contributed by atoms with Gasteiger partial charge in [0.25, 0.3) is 0 Å². The van der Waals surface area contributed by atoms with Crippen molar-refractivity contribution in [2.24, 2.45) is 10.9 Å². The molecular formula is C10H12ClN. The average Bonchev–Trinajstić information content (AvgIpc) is 2.06. The first-order chi connectivity index (χ1) is 5.70. The van der Waals surface area contributed by atoms with Crippen LogP contribution in [0.4, 0.5) is 5.69 Å². The van der Waals surface area contributed by atoms with Crippen LogP contribution in [0.3, 0.4) is 0 Å². The highest BCUT2D eigenvalue weighted by molar-refractivity contribution is 6.66. The predicted molar refractivity (Wildman–Crippen MR) is 54.2 cm³/mol. The second-order valence-corrected chi connectivity index (χ2v) is 3.31. The molecule has 12 heavy (non-hydrogen) atoms. The normalized spacial score (nSPS) is 12.2. The van der Waals surface area contributed by atoms with Gasteiger partial charge in [-0.15, -0.1) is 0 Å². The Morgan fingerprint density at radius 2 is 1.83 bits per heavy atom. The van der Waals surface area contributed by atoms with E-state index in [1.165, 1.54) is 0 Å². The van der Waals surface area contributed by atoms with Crippen molar-refractivity contribution in [2.45, 2.75) is 13.8 Å². The average molecular weight is 182 g/mol. The summed E-state index contributed by atoms with van der Waals surface area (Å²) in [5.74, 6) is 0.298.